The normalized spacial score (nSPS) is 9.93. The predicted octanol–water partition coefficient (Wildman–Crippen LogP) is 1.60. The number of aromatic nitrogens is 4. The van der Waals surface area contributed by atoms with Crippen molar-refractivity contribution in [2.45, 2.75) is 6.92 Å². The van der Waals surface area contributed by atoms with Crippen molar-refractivity contribution in [1.82, 2.24) is 19.7 Å². The van der Waals surface area contributed by atoms with E-state index in [9.17, 15) is 0 Å². The number of rotatable bonds is 1. The van der Waals surface area contributed by atoms with Gasteiger partial charge in [-0.3, -0.25) is 0 Å². The highest BCUT2D eigenvalue weighted by Gasteiger charge is 2.06. The van der Waals surface area contributed by atoms with Crippen LogP contribution in [0.2, 0.25) is 0 Å². The summed E-state index contributed by atoms with van der Waals surface area (Å²) in [4.78, 5) is 8.01. The van der Waals surface area contributed by atoms with Gasteiger partial charge in [0.25, 0.3) is 5.82 Å². The molecule has 0 amide bonds. The van der Waals surface area contributed by atoms with Crippen LogP contribution in [0.25, 0.3) is 5.82 Å². The van der Waals surface area contributed by atoms with Crippen molar-refractivity contribution in [2.75, 3.05) is 0 Å². The first kappa shape index (κ1) is 9.80. The molecule has 15 heavy (non-hydrogen) atoms. The summed E-state index contributed by atoms with van der Waals surface area (Å²) < 4.78 is 2.39. The van der Waals surface area contributed by atoms with E-state index in [0.717, 1.165) is 10.0 Å². The molecular formula is C9H6BrN5. The van der Waals surface area contributed by atoms with E-state index in [1.165, 1.54) is 11.0 Å². The molecule has 0 atom stereocenters. The monoisotopic (exact) mass is 263 g/mol. The third kappa shape index (κ3) is 1.87. The first-order valence-electron chi connectivity index (χ1n) is 4.15. The number of aryl methyl sites for hydroxylation is 1. The molecule has 74 valence electrons. The van der Waals surface area contributed by atoms with Crippen LogP contribution in [-0.2, 0) is 0 Å². The molecule has 6 heteroatoms. The van der Waals surface area contributed by atoms with Gasteiger partial charge >= 0.3 is 0 Å². The van der Waals surface area contributed by atoms with Gasteiger partial charge in [0, 0.05) is 10.7 Å². The fraction of sp³-hybridized carbons (Fsp3) is 0.111. The zero-order chi connectivity index (χ0) is 10.8. The molecule has 0 aliphatic rings. The van der Waals surface area contributed by atoms with E-state index in [4.69, 9.17) is 5.26 Å². The Morgan fingerprint density at radius 3 is 2.87 bits per heavy atom. The summed E-state index contributed by atoms with van der Waals surface area (Å²) in [5.41, 5.74) is 0.957. The quantitative estimate of drug-likeness (QED) is 0.784. The molecule has 0 spiro atoms. The Morgan fingerprint density at radius 1 is 1.47 bits per heavy atom. The van der Waals surface area contributed by atoms with Crippen LogP contribution in [0.4, 0.5) is 0 Å². The summed E-state index contributed by atoms with van der Waals surface area (Å²) in [7, 11) is 0. The molecule has 5 nitrogen and oxygen atoms in total. The minimum Gasteiger partial charge on any atom is -0.236 e. The molecule has 0 saturated carbocycles. The van der Waals surface area contributed by atoms with Gasteiger partial charge in [0.05, 0.1) is 0 Å². The van der Waals surface area contributed by atoms with E-state index in [-0.39, 0.29) is 5.82 Å². The van der Waals surface area contributed by atoms with E-state index in [1.54, 1.807) is 6.20 Å². The Balaban J connectivity index is 2.50. The van der Waals surface area contributed by atoms with Gasteiger partial charge in [-0.1, -0.05) is 0 Å². The Kier molecular flexibility index (Phi) is 2.47. The molecule has 2 aromatic rings. The molecule has 0 bridgehead atoms. The molecular weight excluding hydrogens is 258 g/mol. The number of hydrogen-bond acceptors (Lipinski definition) is 4. The SMILES string of the molecule is Cc1cc(Br)cnc1-n1cnc(C#N)n1. The van der Waals surface area contributed by atoms with E-state index in [1.807, 2.05) is 19.1 Å². The van der Waals surface area contributed by atoms with Crippen molar-refractivity contribution in [3.63, 3.8) is 0 Å². The summed E-state index contributed by atoms with van der Waals surface area (Å²) in [6.45, 7) is 1.92. The van der Waals surface area contributed by atoms with Gasteiger partial charge in [-0.25, -0.2) is 14.6 Å². The maximum Gasteiger partial charge on any atom is 0.252 e. The molecule has 0 aliphatic carbocycles. The fourth-order valence-electron chi connectivity index (χ4n) is 1.19. The lowest BCUT2D eigenvalue weighted by Gasteiger charge is -2.03. The summed E-state index contributed by atoms with van der Waals surface area (Å²) in [5, 5.41) is 12.6. The number of nitriles is 1. The largest absolute Gasteiger partial charge is 0.252 e. The van der Waals surface area contributed by atoms with Crippen LogP contribution in [0.1, 0.15) is 11.4 Å². The Morgan fingerprint density at radius 2 is 2.27 bits per heavy atom. The molecule has 0 N–H and O–H groups in total. The fourth-order valence-corrected chi connectivity index (χ4v) is 1.64. The smallest absolute Gasteiger partial charge is 0.236 e. The topological polar surface area (TPSA) is 67.4 Å². The predicted molar refractivity (Wildman–Crippen MR) is 56.3 cm³/mol. The summed E-state index contributed by atoms with van der Waals surface area (Å²) in [5.74, 6) is 0.811. The molecule has 0 saturated heterocycles. The number of nitrogens with zero attached hydrogens (tertiary/aromatic N) is 5. The second kappa shape index (κ2) is 3.79. The highest BCUT2D eigenvalue weighted by Crippen LogP contribution is 2.15. The Hall–Kier alpha value is -1.74. The molecule has 0 radical (unpaired) electrons. The Labute approximate surface area is 94.5 Å². The third-order valence-corrected chi connectivity index (χ3v) is 2.26. The lowest BCUT2D eigenvalue weighted by molar-refractivity contribution is 0.830. The van der Waals surface area contributed by atoms with E-state index >= 15 is 0 Å². The molecule has 0 aliphatic heterocycles. The lowest BCUT2D eigenvalue weighted by Crippen LogP contribution is -2.01. The van der Waals surface area contributed by atoms with Crippen LogP contribution in [0.5, 0.6) is 0 Å². The second-order valence-corrected chi connectivity index (χ2v) is 3.83. The zero-order valence-corrected chi connectivity index (χ0v) is 9.43. The van der Waals surface area contributed by atoms with Crippen molar-refractivity contribution in [3.8, 4) is 11.9 Å². The van der Waals surface area contributed by atoms with Crippen molar-refractivity contribution < 1.29 is 0 Å². The van der Waals surface area contributed by atoms with Gasteiger partial charge in [-0.05, 0) is 34.5 Å². The first-order valence-corrected chi connectivity index (χ1v) is 4.94. The van der Waals surface area contributed by atoms with Gasteiger partial charge in [-0.2, -0.15) is 5.26 Å². The van der Waals surface area contributed by atoms with Crippen molar-refractivity contribution in [1.29, 1.82) is 5.26 Å². The molecule has 2 aromatic heterocycles. The van der Waals surface area contributed by atoms with Gasteiger partial charge in [-0.15, -0.1) is 5.10 Å². The number of hydrogen-bond donors (Lipinski definition) is 0. The first-order chi connectivity index (χ1) is 7.20. The molecule has 0 fully saturated rings. The highest BCUT2D eigenvalue weighted by molar-refractivity contribution is 9.10. The third-order valence-electron chi connectivity index (χ3n) is 1.83. The maximum atomic E-state index is 8.60. The maximum absolute atomic E-state index is 8.60. The van der Waals surface area contributed by atoms with E-state index in [0.29, 0.717) is 5.82 Å². The second-order valence-electron chi connectivity index (χ2n) is 2.92. The molecule has 2 rings (SSSR count). The zero-order valence-electron chi connectivity index (χ0n) is 7.85. The summed E-state index contributed by atoms with van der Waals surface area (Å²) >= 11 is 3.33. The van der Waals surface area contributed by atoms with Gasteiger partial charge in [0.15, 0.2) is 5.82 Å². The van der Waals surface area contributed by atoms with Crippen molar-refractivity contribution in [3.05, 3.63) is 34.5 Å². The van der Waals surface area contributed by atoms with Gasteiger partial charge in [0.2, 0.25) is 0 Å². The lowest BCUT2D eigenvalue weighted by atomic mass is 10.3. The summed E-state index contributed by atoms with van der Waals surface area (Å²) in [6.07, 6.45) is 3.15. The van der Waals surface area contributed by atoms with Crippen LogP contribution in [0, 0.1) is 18.3 Å². The van der Waals surface area contributed by atoms with Crippen LogP contribution in [0.15, 0.2) is 23.1 Å². The molecule has 2 heterocycles. The minimum atomic E-state index is 0.138. The van der Waals surface area contributed by atoms with Gasteiger partial charge in [0.1, 0.15) is 12.4 Å². The number of pyridine rings is 1. The average molecular weight is 264 g/mol. The van der Waals surface area contributed by atoms with Crippen LogP contribution >= 0.6 is 15.9 Å². The average Bonchev–Trinajstić information content (AvgIpc) is 2.66. The highest BCUT2D eigenvalue weighted by atomic mass is 79.9. The number of halogens is 1. The summed E-state index contributed by atoms with van der Waals surface area (Å²) in [6, 6.07) is 3.79. The van der Waals surface area contributed by atoms with Crippen molar-refractivity contribution >= 4 is 15.9 Å². The Bertz CT molecular complexity index is 540. The van der Waals surface area contributed by atoms with Crippen LogP contribution < -0.4 is 0 Å². The van der Waals surface area contributed by atoms with Crippen LogP contribution in [0.3, 0.4) is 0 Å². The molecule has 0 unspecified atom stereocenters. The van der Waals surface area contributed by atoms with Crippen molar-refractivity contribution in [2.24, 2.45) is 0 Å². The van der Waals surface area contributed by atoms with E-state index in [2.05, 4.69) is 31.0 Å². The minimum absolute atomic E-state index is 0.138. The standard InChI is InChI=1S/C9H6BrN5/c1-6-2-7(10)4-12-9(6)15-5-13-8(3-11)14-15/h2,4-5H,1H3. The van der Waals surface area contributed by atoms with E-state index < -0.39 is 0 Å². The molecule has 0 aromatic carbocycles. The van der Waals surface area contributed by atoms with Gasteiger partial charge < -0.3 is 0 Å². The van der Waals surface area contributed by atoms with Crippen LogP contribution in [-0.4, -0.2) is 19.7 Å².